The van der Waals surface area contributed by atoms with Gasteiger partial charge in [-0.15, -0.1) is 0 Å². The van der Waals surface area contributed by atoms with Gasteiger partial charge in [0, 0.05) is 0 Å². The van der Waals surface area contributed by atoms with Crippen molar-refractivity contribution in [2.45, 2.75) is 16.4 Å². The first-order chi connectivity index (χ1) is 4.61. The molecule has 2 nitrogen and oxygen atoms in total. The van der Waals surface area contributed by atoms with E-state index in [1.54, 1.807) is 0 Å². The molecule has 1 unspecified atom stereocenters. The van der Waals surface area contributed by atoms with Gasteiger partial charge < -0.3 is 4.74 Å². The molecular weight excluding hydrogens is 196 g/mol. The molecule has 1 atom stereocenters. The van der Waals surface area contributed by atoms with Gasteiger partial charge in [-0.25, -0.2) is 0 Å². The molecular formula is C5H8Cl3NO. The first-order valence-corrected chi connectivity index (χ1v) is 4.16. The number of rotatable bonds is 0. The summed E-state index contributed by atoms with van der Waals surface area (Å²) < 4.78 is 3.79. The van der Waals surface area contributed by atoms with Crippen LogP contribution in [0.5, 0.6) is 0 Å². The fourth-order valence-corrected chi connectivity index (χ4v) is 1.20. The third kappa shape index (κ3) is 2.44. The van der Waals surface area contributed by atoms with E-state index in [0.29, 0.717) is 6.61 Å². The fraction of sp³-hybridized carbons (Fsp3) is 1.00. The maximum Gasteiger partial charge on any atom is 0.229 e. The van der Waals surface area contributed by atoms with Crippen molar-refractivity contribution >= 4 is 34.8 Å². The number of nitrogens with one attached hydrogen (secondary N) is 1. The van der Waals surface area contributed by atoms with Gasteiger partial charge in [-0.05, 0) is 13.0 Å². The number of halogens is 3. The van der Waals surface area contributed by atoms with Gasteiger partial charge in [0.2, 0.25) is 3.79 Å². The third-order valence-electron chi connectivity index (χ3n) is 1.23. The Balaban J connectivity index is 2.39. The Morgan fingerprint density at radius 2 is 2.10 bits per heavy atom. The lowest BCUT2D eigenvalue weighted by Crippen LogP contribution is -2.46. The summed E-state index contributed by atoms with van der Waals surface area (Å²) in [6.07, 6.45) is 0.517. The van der Waals surface area contributed by atoms with E-state index in [1.807, 2.05) is 0 Å². The van der Waals surface area contributed by atoms with Gasteiger partial charge in [0.05, 0.1) is 6.61 Å². The first-order valence-electron chi connectivity index (χ1n) is 3.02. The van der Waals surface area contributed by atoms with Gasteiger partial charge in [-0.3, -0.25) is 5.32 Å². The zero-order chi connectivity index (χ0) is 7.61. The minimum absolute atomic E-state index is 0.453. The normalized spacial score (nSPS) is 28.5. The van der Waals surface area contributed by atoms with E-state index in [4.69, 9.17) is 39.5 Å². The van der Waals surface area contributed by atoms with Crippen LogP contribution in [0.4, 0.5) is 0 Å². The Morgan fingerprint density at radius 1 is 1.40 bits per heavy atom. The van der Waals surface area contributed by atoms with Gasteiger partial charge in [0.1, 0.15) is 0 Å². The van der Waals surface area contributed by atoms with Crippen molar-refractivity contribution in [1.29, 1.82) is 0 Å². The van der Waals surface area contributed by atoms with Crippen LogP contribution >= 0.6 is 34.8 Å². The Bertz CT molecular complexity index is 108. The highest BCUT2D eigenvalue weighted by molar-refractivity contribution is 6.68. The van der Waals surface area contributed by atoms with Crippen molar-refractivity contribution in [2.75, 3.05) is 13.2 Å². The summed E-state index contributed by atoms with van der Waals surface area (Å²) in [6.45, 7) is 1.50. The Kier molecular flexibility index (Phi) is 3.07. The topological polar surface area (TPSA) is 21.3 Å². The molecule has 5 heteroatoms. The van der Waals surface area contributed by atoms with E-state index in [1.165, 1.54) is 0 Å². The van der Waals surface area contributed by atoms with Crippen LogP contribution < -0.4 is 5.32 Å². The maximum absolute atomic E-state index is 5.56. The number of alkyl halides is 3. The zero-order valence-electron chi connectivity index (χ0n) is 5.24. The molecule has 1 aliphatic heterocycles. The minimum atomic E-state index is -1.35. The van der Waals surface area contributed by atoms with Crippen molar-refractivity contribution in [3.8, 4) is 0 Å². The lowest BCUT2D eigenvalue weighted by atomic mass is 10.4. The number of hydrogen-bond donors (Lipinski definition) is 1. The molecule has 0 aromatic carbocycles. The summed E-state index contributed by atoms with van der Waals surface area (Å²) in [6, 6.07) is 0. The Morgan fingerprint density at radius 3 is 2.40 bits per heavy atom. The fourth-order valence-electron chi connectivity index (χ4n) is 0.776. The molecule has 0 bridgehead atoms. The predicted molar refractivity (Wildman–Crippen MR) is 42.6 cm³/mol. The van der Waals surface area contributed by atoms with Crippen LogP contribution in [0.25, 0.3) is 0 Å². The summed E-state index contributed by atoms with van der Waals surface area (Å²) in [5.41, 5.74) is 0. The maximum atomic E-state index is 5.56. The van der Waals surface area contributed by atoms with Crippen LogP contribution in [0.15, 0.2) is 0 Å². The molecule has 1 N–H and O–H groups in total. The van der Waals surface area contributed by atoms with Crippen molar-refractivity contribution in [1.82, 2.24) is 5.32 Å². The van der Waals surface area contributed by atoms with E-state index < -0.39 is 10.0 Å². The summed E-state index contributed by atoms with van der Waals surface area (Å²) in [4.78, 5) is 0. The van der Waals surface area contributed by atoms with Gasteiger partial charge >= 0.3 is 0 Å². The number of ether oxygens (including phenoxy) is 1. The van der Waals surface area contributed by atoms with E-state index >= 15 is 0 Å². The monoisotopic (exact) mass is 203 g/mol. The SMILES string of the molecule is ClC(Cl)(Cl)C1NCCCO1. The highest BCUT2D eigenvalue weighted by Gasteiger charge is 2.34. The second-order valence-electron chi connectivity index (χ2n) is 2.10. The van der Waals surface area contributed by atoms with Crippen molar-refractivity contribution in [3.05, 3.63) is 0 Å². The van der Waals surface area contributed by atoms with Crippen LogP contribution in [0.3, 0.4) is 0 Å². The molecule has 1 fully saturated rings. The van der Waals surface area contributed by atoms with E-state index in [-0.39, 0.29) is 0 Å². The molecule has 0 radical (unpaired) electrons. The predicted octanol–water partition coefficient (Wildman–Crippen LogP) is 1.69. The summed E-state index contributed by atoms with van der Waals surface area (Å²) >= 11 is 16.7. The summed E-state index contributed by atoms with van der Waals surface area (Å²) in [5.74, 6) is 0. The first kappa shape index (κ1) is 8.88. The standard InChI is InChI=1S/C5H8Cl3NO/c6-5(7,8)4-9-2-1-3-10-4/h4,9H,1-3H2. The van der Waals surface area contributed by atoms with E-state index in [0.717, 1.165) is 13.0 Å². The average Bonchev–Trinajstić information content (AvgIpc) is 1.88. The molecule has 1 rings (SSSR count). The molecule has 60 valence electrons. The highest BCUT2D eigenvalue weighted by atomic mass is 35.6. The van der Waals surface area contributed by atoms with Crippen LogP contribution in [0.1, 0.15) is 6.42 Å². The van der Waals surface area contributed by atoms with Gasteiger partial charge in [0.15, 0.2) is 6.23 Å². The van der Waals surface area contributed by atoms with Crippen molar-refractivity contribution < 1.29 is 4.74 Å². The second-order valence-corrected chi connectivity index (χ2v) is 4.47. The third-order valence-corrected chi connectivity index (χ3v) is 1.83. The summed E-state index contributed by atoms with van der Waals surface area (Å²) in [7, 11) is 0. The van der Waals surface area contributed by atoms with Crippen LogP contribution in [0, 0.1) is 0 Å². The second kappa shape index (κ2) is 3.46. The van der Waals surface area contributed by atoms with Crippen LogP contribution in [-0.4, -0.2) is 23.2 Å². The molecule has 0 aromatic rings. The largest absolute Gasteiger partial charge is 0.359 e. The lowest BCUT2D eigenvalue weighted by Gasteiger charge is -2.29. The van der Waals surface area contributed by atoms with Gasteiger partial charge in [-0.1, -0.05) is 34.8 Å². The summed E-state index contributed by atoms with van der Waals surface area (Å²) in [5, 5.41) is 2.94. The zero-order valence-corrected chi connectivity index (χ0v) is 7.51. The van der Waals surface area contributed by atoms with E-state index in [2.05, 4.69) is 5.32 Å². The molecule has 0 aliphatic carbocycles. The Labute approximate surface area is 74.8 Å². The molecule has 1 aliphatic rings. The Hall–Kier alpha value is 0.790. The van der Waals surface area contributed by atoms with E-state index in [9.17, 15) is 0 Å². The van der Waals surface area contributed by atoms with Gasteiger partial charge in [0.25, 0.3) is 0 Å². The average molecular weight is 204 g/mol. The van der Waals surface area contributed by atoms with Crippen molar-refractivity contribution in [2.24, 2.45) is 0 Å². The molecule has 0 aromatic heterocycles. The number of hydrogen-bond acceptors (Lipinski definition) is 2. The molecule has 10 heavy (non-hydrogen) atoms. The highest BCUT2D eigenvalue weighted by Crippen LogP contribution is 2.31. The van der Waals surface area contributed by atoms with Crippen LogP contribution in [-0.2, 0) is 4.74 Å². The molecule has 0 amide bonds. The molecule has 0 spiro atoms. The molecule has 1 saturated heterocycles. The van der Waals surface area contributed by atoms with Crippen molar-refractivity contribution in [3.63, 3.8) is 0 Å². The lowest BCUT2D eigenvalue weighted by molar-refractivity contribution is 0.00409. The molecule has 0 saturated carbocycles. The molecule has 1 heterocycles. The smallest absolute Gasteiger partial charge is 0.229 e. The van der Waals surface area contributed by atoms with Gasteiger partial charge in [-0.2, -0.15) is 0 Å². The van der Waals surface area contributed by atoms with Crippen LogP contribution in [0.2, 0.25) is 0 Å². The quantitative estimate of drug-likeness (QED) is 0.607. The minimum Gasteiger partial charge on any atom is -0.359 e.